The Labute approximate surface area is 139 Å². The molecule has 1 aromatic carbocycles. The molecule has 0 aliphatic carbocycles. The first-order valence-corrected chi connectivity index (χ1v) is 8.59. The van der Waals surface area contributed by atoms with Gasteiger partial charge >= 0.3 is 6.09 Å². The van der Waals surface area contributed by atoms with E-state index in [2.05, 4.69) is 30.9 Å². The Balaban J connectivity index is 1.72. The van der Waals surface area contributed by atoms with Crippen LogP contribution in [0.1, 0.15) is 32.3 Å². The van der Waals surface area contributed by atoms with Crippen LogP contribution in [0, 0.1) is 0 Å². The average molecular weight is 320 g/mol. The highest BCUT2D eigenvalue weighted by atomic mass is 16.7. The molecular formula is C18H28N2O3. The minimum absolute atomic E-state index is 0.0346. The van der Waals surface area contributed by atoms with E-state index in [9.17, 15) is 4.79 Å². The number of carbonyl (C=O) groups excluding carboxylic acids is 1. The molecule has 1 aliphatic rings. The van der Waals surface area contributed by atoms with Gasteiger partial charge in [-0.05, 0) is 44.5 Å². The number of nitrogens with zero attached hydrogens (tertiary/aromatic N) is 2. The van der Waals surface area contributed by atoms with Crippen LogP contribution in [0.15, 0.2) is 30.3 Å². The van der Waals surface area contributed by atoms with E-state index in [-0.39, 0.29) is 12.1 Å². The summed E-state index contributed by atoms with van der Waals surface area (Å²) in [5.74, 6) is 0. The molecule has 1 amide bonds. The van der Waals surface area contributed by atoms with E-state index in [1.165, 1.54) is 10.6 Å². The predicted molar refractivity (Wildman–Crippen MR) is 90.1 cm³/mol. The molecule has 2 rings (SSSR count). The molecule has 1 aromatic rings. The van der Waals surface area contributed by atoms with Crippen LogP contribution in [0.3, 0.4) is 0 Å². The smallest absolute Gasteiger partial charge is 0.434 e. The summed E-state index contributed by atoms with van der Waals surface area (Å²) in [6.45, 7) is 8.54. The summed E-state index contributed by atoms with van der Waals surface area (Å²) in [5, 5.41) is 1.42. The van der Waals surface area contributed by atoms with Gasteiger partial charge in [0, 0.05) is 0 Å². The van der Waals surface area contributed by atoms with Crippen molar-refractivity contribution in [3.63, 3.8) is 0 Å². The molecule has 128 valence electrons. The number of carbonyl (C=O) groups is 1. The van der Waals surface area contributed by atoms with Crippen molar-refractivity contribution in [2.45, 2.75) is 39.2 Å². The van der Waals surface area contributed by atoms with E-state index in [1.54, 1.807) is 0 Å². The maximum absolute atomic E-state index is 11.8. The van der Waals surface area contributed by atoms with Crippen molar-refractivity contribution in [2.75, 3.05) is 32.8 Å². The molecule has 0 bridgehead atoms. The Morgan fingerprint density at radius 3 is 2.65 bits per heavy atom. The Bertz CT molecular complexity index is 463. The Morgan fingerprint density at radius 1 is 1.22 bits per heavy atom. The fourth-order valence-corrected chi connectivity index (χ4v) is 2.77. The van der Waals surface area contributed by atoms with E-state index in [0.29, 0.717) is 13.2 Å². The van der Waals surface area contributed by atoms with Crippen LogP contribution in [0.2, 0.25) is 0 Å². The first kappa shape index (κ1) is 17.8. The van der Waals surface area contributed by atoms with Crippen LogP contribution in [0.25, 0.3) is 0 Å². The van der Waals surface area contributed by atoms with Gasteiger partial charge in [0.2, 0.25) is 0 Å². The van der Waals surface area contributed by atoms with E-state index in [0.717, 1.165) is 38.9 Å². The van der Waals surface area contributed by atoms with Gasteiger partial charge in [-0.1, -0.05) is 44.2 Å². The monoisotopic (exact) mass is 320 g/mol. The molecule has 0 saturated carbocycles. The SMILES string of the molecule is CCN(CC)CCCCON1C(=O)OC[C@@H]1Cc1ccccc1. The normalized spacial score (nSPS) is 17.8. The highest BCUT2D eigenvalue weighted by Gasteiger charge is 2.34. The number of amides is 1. The van der Waals surface area contributed by atoms with Crippen molar-refractivity contribution >= 4 is 6.09 Å². The maximum atomic E-state index is 11.8. The van der Waals surface area contributed by atoms with Gasteiger partial charge < -0.3 is 9.64 Å². The number of benzene rings is 1. The van der Waals surface area contributed by atoms with E-state index in [4.69, 9.17) is 9.57 Å². The third-order valence-corrected chi connectivity index (χ3v) is 4.22. The number of rotatable bonds is 10. The minimum Gasteiger partial charge on any atom is -0.446 e. The zero-order chi connectivity index (χ0) is 16.5. The number of hydroxylamine groups is 2. The van der Waals surface area contributed by atoms with E-state index in [1.807, 2.05) is 18.2 Å². The summed E-state index contributed by atoms with van der Waals surface area (Å²) in [6, 6.07) is 10.1. The minimum atomic E-state index is -0.366. The van der Waals surface area contributed by atoms with Crippen molar-refractivity contribution in [3.05, 3.63) is 35.9 Å². The molecular weight excluding hydrogens is 292 g/mol. The molecule has 1 heterocycles. The van der Waals surface area contributed by atoms with Gasteiger partial charge in [0.15, 0.2) is 0 Å². The summed E-state index contributed by atoms with van der Waals surface area (Å²) in [5.41, 5.74) is 1.19. The lowest BCUT2D eigenvalue weighted by atomic mass is 10.1. The maximum Gasteiger partial charge on any atom is 0.434 e. The van der Waals surface area contributed by atoms with Crippen LogP contribution >= 0.6 is 0 Å². The van der Waals surface area contributed by atoms with Crippen LogP contribution in [-0.2, 0) is 16.0 Å². The first-order valence-electron chi connectivity index (χ1n) is 8.59. The van der Waals surface area contributed by atoms with Gasteiger partial charge in [0.1, 0.15) is 12.6 Å². The topological polar surface area (TPSA) is 42.0 Å². The summed E-state index contributed by atoms with van der Waals surface area (Å²) < 4.78 is 5.13. The molecule has 0 N–H and O–H groups in total. The van der Waals surface area contributed by atoms with Gasteiger partial charge in [-0.25, -0.2) is 4.79 Å². The highest BCUT2D eigenvalue weighted by molar-refractivity contribution is 5.68. The van der Waals surface area contributed by atoms with Crippen molar-refractivity contribution in [3.8, 4) is 0 Å². The molecule has 0 spiro atoms. The standard InChI is InChI=1S/C18H28N2O3/c1-3-19(4-2)12-8-9-13-23-20-17(15-22-18(20)21)14-16-10-6-5-7-11-16/h5-7,10-11,17H,3-4,8-9,12-15H2,1-2H3/t17-/m0/s1. The van der Waals surface area contributed by atoms with Crippen LogP contribution < -0.4 is 0 Å². The molecule has 1 saturated heterocycles. The van der Waals surface area contributed by atoms with Gasteiger partial charge in [-0.15, -0.1) is 0 Å². The summed E-state index contributed by atoms with van der Waals surface area (Å²) in [6.07, 6.45) is 2.41. The highest BCUT2D eigenvalue weighted by Crippen LogP contribution is 2.17. The van der Waals surface area contributed by atoms with Gasteiger partial charge in [0.25, 0.3) is 0 Å². The molecule has 5 heteroatoms. The molecule has 1 aliphatic heterocycles. The van der Waals surface area contributed by atoms with Gasteiger partial charge in [-0.2, -0.15) is 5.06 Å². The fourth-order valence-electron chi connectivity index (χ4n) is 2.77. The van der Waals surface area contributed by atoms with Gasteiger partial charge in [0.05, 0.1) is 6.61 Å². The summed E-state index contributed by atoms with van der Waals surface area (Å²) in [7, 11) is 0. The first-order chi connectivity index (χ1) is 11.2. The van der Waals surface area contributed by atoms with Crippen molar-refractivity contribution in [2.24, 2.45) is 0 Å². The number of cyclic esters (lactones) is 1. The molecule has 5 nitrogen and oxygen atoms in total. The summed E-state index contributed by atoms with van der Waals surface area (Å²) in [4.78, 5) is 19.9. The van der Waals surface area contributed by atoms with E-state index >= 15 is 0 Å². The summed E-state index contributed by atoms with van der Waals surface area (Å²) >= 11 is 0. The van der Waals surface area contributed by atoms with Crippen molar-refractivity contribution in [1.29, 1.82) is 0 Å². The second-order valence-corrected chi connectivity index (χ2v) is 5.81. The lowest BCUT2D eigenvalue weighted by molar-refractivity contribution is -0.131. The Morgan fingerprint density at radius 2 is 1.96 bits per heavy atom. The lowest BCUT2D eigenvalue weighted by Crippen LogP contribution is -2.35. The fraction of sp³-hybridized carbons (Fsp3) is 0.611. The van der Waals surface area contributed by atoms with Crippen LogP contribution in [-0.4, -0.2) is 54.9 Å². The Kier molecular flexibility index (Phi) is 7.36. The third-order valence-electron chi connectivity index (χ3n) is 4.22. The molecule has 0 aromatic heterocycles. The second-order valence-electron chi connectivity index (χ2n) is 5.81. The average Bonchev–Trinajstić information content (AvgIpc) is 2.92. The lowest BCUT2D eigenvalue weighted by Gasteiger charge is -2.21. The molecule has 0 unspecified atom stereocenters. The number of unbranched alkanes of at least 4 members (excludes halogenated alkanes) is 1. The molecule has 23 heavy (non-hydrogen) atoms. The zero-order valence-corrected chi connectivity index (χ0v) is 14.2. The van der Waals surface area contributed by atoms with Crippen molar-refractivity contribution < 1.29 is 14.4 Å². The zero-order valence-electron chi connectivity index (χ0n) is 14.2. The number of hydrogen-bond acceptors (Lipinski definition) is 4. The van der Waals surface area contributed by atoms with Crippen molar-refractivity contribution in [1.82, 2.24) is 9.96 Å². The quantitative estimate of drug-likeness (QED) is 0.621. The molecule has 1 fully saturated rings. The third kappa shape index (κ3) is 5.52. The Hall–Kier alpha value is -1.59. The second kappa shape index (κ2) is 9.53. The predicted octanol–water partition coefficient (Wildman–Crippen LogP) is 3.10. The number of ether oxygens (including phenoxy) is 1. The van der Waals surface area contributed by atoms with Crippen LogP contribution in [0.4, 0.5) is 4.79 Å². The van der Waals surface area contributed by atoms with Gasteiger partial charge in [-0.3, -0.25) is 4.84 Å². The molecule has 1 atom stereocenters. The largest absolute Gasteiger partial charge is 0.446 e. The van der Waals surface area contributed by atoms with Crippen LogP contribution in [0.5, 0.6) is 0 Å². The van der Waals surface area contributed by atoms with E-state index < -0.39 is 0 Å². The molecule has 0 radical (unpaired) electrons. The number of hydrogen-bond donors (Lipinski definition) is 0.